The van der Waals surface area contributed by atoms with Crippen molar-refractivity contribution in [2.75, 3.05) is 26.4 Å². The molecule has 1 atom stereocenters. The van der Waals surface area contributed by atoms with Crippen molar-refractivity contribution in [3.05, 3.63) is 0 Å². The Morgan fingerprint density at radius 3 is 1.65 bits per heavy atom. The Morgan fingerprint density at radius 1 is 1.06 bits per heavy atom. The summed E-state index contributed by atoms with van der Waals surface area (Å²) in [5.41, 5.74) is 0. The predicted octanol–water partition coefficient (Wildman–Crippen LogP) is 1.50. The number of hydrogen-bond donors (Lipinski definition) is 2. The molecule has 0 saturated heterocycles. The lowest BCUT2D eigenvalue weighted by molar-refractivity contribution is 0.0527. The standard InChI is InChI=1S/C8H19NO.C5H12O2/c1-7(2)9(5-6-10)8(3)4;1-3-7-4-5(2)6/h7-8,10H,5-6H2,1-4H3;5-6H,3-4H2,1-2H3. The van der Waals surface area contributed by atoms with Gasteiger partial charge in [-0.15, -0.1) is 0 Å². The van der Waals surface area contributed by atoms with Gasteiger partial charge in [0.25, 0.3) is 0 Å². The first-order valence-electron chi connectivity index (χ1n) is 6.49. The maximum Gasteiger partial charge on any atom is 0.0745 e. The Morgan fingerprint density at radius 2 is 1.53 bits per heavy atom. The summed E-state index contributed by atoms with van der Waals surface area (Å²) >= 11 is 0. The van der Waals surface area contributed by atoms with E-state index in [2.05, 4.69) is 32.6 Å². The molecule has 17 heavy (non-hydrogen) atoms. The molecule has 0 amide bonds. The van der Waals surface area contributed by atoms with Crippen molar-refractivity contribution in [1.82, 2.24) is 4.90 Å². The highest BCUT2D eigenvalue weighted by atomic mass is 16.5. The zero-order valence-corrected chi connectivity index (χ0v) is 12.3. The Hall–Kier alpha value is -0.160. The first-order valence-corrected chi connectivity index (χ1v) is 6.49. The van der Waals surface area contributed by atoms with Gasteiger partial charge in [0, 0.05) is 25.2 Å². The second kappa shape index (κ2) is 12.3. The molecule has 1 unspecified atom stereocenters. The van der Waals surface area contributed by atoms with Gasteiger partial charge in [-0.1, -0.05) is 0 Å². The van der Waals surface area contributed by atoms with Crippen LogP contribution in [-0.4, -0.2) is 59.7 Å². The van der Waals surface area contributed by atoms with E-state index in [9.17, 15) is 0 Å². The van der Waals surface area contributed by atoms with Gasteiger partial charge < -0.3 is 14.9 Å². The Kier molecular flexibility index (Phi) is 13.9. The quantitative estimate of drug-likeness (QED) is 0.718. The number of hydrogen-bond acceptors (Lipinski definition) is 4. The van der Waals surface area contributed by atoms with E-state index in [-0.39, 0.29) is 12.7 Å². The summed E-state index contributed by atoms with van der Waals surface area (Å²) < 4.78 is 4.84. The molecule has 0 fully saturated rings. The van der Waals surface area contributed by atoms with E-state index in [0.717, 1.165) is 6.54 Å². The fraction of sp³-hybridized carbons (Fsp3) is 1.00. The van der Waals surface area contributed by atoms with Crippen molar-refractivity contribution in [2.24, 2.45) is 0 Å². The minimum atomic E-state index is -0.319. The molecule has 2 N–H and O–H groups in total. The van der Waals surface area contributed by atoms with Crippen LogP contribution in [0, 0.1) is 0 Å². The molecule has 0 aliphatic heterocycles. The molecule has 0 bridgehead atoms. The van der Waals surface area contributed by atoms with Crippen LogP contribution in [0.15, 0.2) is 0 Å². The first-order chi connectivity index (χ1) is 7.86. The lowest BCUT2D eigenvalue weighted by Crippen LogP contribution is -2.38. The van der Waals surface area contributed by atoms with E-state index in [1.165, 1.54) is 0 Å². The summed E-state index contributed by atoms with van der Waals surface area (Å²) in [4.78, 5) is 2.26. The molecule has 106 valence electrons. The second-order valence-corrected chi connectivity index (χ2v) is 4.66. The Labute approximate surface area is 107 Å². The summed E-state index contributed by atoms with van der Waals surface area (Å²) in [5, 5.41) is 17.3. The van der Waals surface area contributed by atoms with Gasteiger partial charge in [0.15, 0.2) is 0 Å². The van der Waals surface area contributed by atoms with Gasteiger partial charge in [0.05, 0.1) is 19.3 Å². The highest BCUT2D eigenvalue weighted by Gasteiger charge is 2.11. The lowest BCUT2D eigenvalue weighted by Gasteiger charge is -2.29. The molecule has 0 radical (unpaired) electrons. The fourth-order valence-corrected chi connectivity index (χ4v) is 1.52. The van der Waals surface area contributed by atoms with Crippen molar-refractivity contribution >= 4 is 0 Å². The van der Waals surface area contributed by atoms with Gasteiger partial charge >= 0.3 is 0 Å². The number of nitrogens with zero attached hydrogens (tertiary/aromatic N) is 1. The van der Waals surface area contributed by atoms with Gasteiger partial charge in [-0.3, -0.25) is 4.90 Å². The average Bonchev–Trinajstić information content (AvgIpc) is 2.22. The third kappa shape index (κ3) is 13.8. The van der Waals surface area contributed by atoms with Crippen LogP contribution in [0.5, 0.6) is 0 Å². The minimum Gasteiger partial charge on any atom is -0.395 e. The van der Waals surface area contributed by atoms with Crippen LogP contribution in [-0.2, 0) is 4.74 Å². The summed E-state index contributed by atoms with van der Waals surface area (Å²) in [5.74, 6) is 0. The average molecular weight is 249 g/mol. The number of ether oxygens (including phenoxy) is 1. The second-order valence-electron chi connectivity index (χ2n) is 4.66. The maximum atomic E-state index is 8.69. The molecular weight excluding hydrogens is 218 g/mol. The van der Waals surface area contributed by atoms with Gasteiger partial charge in [0.1, 0.15) is 0 Å². The van der Waals surface area contributed by atoms with Crippen LogP contribution >= 0.6 is 0 Å². The summed E-state index contributed by atoms with van der Waals surface area (Å²) in [7, 11) is 0. The van der Waals surface area contributed by atoms with Gasteiger partial charge in [-0.25, -0.2) is 0 Å². The van der Waals surface area contributed by atoms with E-state index >= 15 is 0 Å². The number of aliphatic hydroxyl groups excluding tert-OH is 2. The molecule has 0 rings (SSSR count). The van der Waals surface area contributed by atoms with E-state index in [0.29, 0.717) is 25.3 Å². The SMILES string of the molecule is CC(C)N(CCO)C(C)C.CCOCC(C)O. The molecule has 0 saturated carbocycles. The van der Waals surface area contributed by atoms with Crippen LogP contribution in [0.4, 0.5) is 0 Å². The topological polar surface area (TPSA) is 52.9 Å². The molecule has 4 heteroatoms. The van der Waals surface area contributed by atoms with Crippen LogP contribution in [0.1, 0.15) is 41.5 Å². The molecule has 0 aromatic carbocycles. The van der Waals surface area contributed by atoms with E-state index in [1.54, 1.807) is 6.92 Å². The van der Waals surface area contributed by atoms with Crippen molar-refractivity contribution in [2.45, 2.75) is 59.7 Å². The zero-order chi connectivity index (χ0) is 13.8. The van der Waals surface area contributed by atoms with Crippen molar-refractivity contribution in [1.29, 1.82) is 0 Å². The van der Waals surface area contributed by atoms with Gasteiger partial charge in [-0.05, 0) is 41.5 Å². The highest BCUT2D eigenvalue weighted by Crippen LogP contribution is 2.02. The first kappa shape index (κ1) is 19.2. The summed E-state index contributed by atoms with van der Waals surface area (Å²) in [6.07, 6.45) is -0.319. The van der Waals surface area contributed by atoms with Gasteiger partial charge in [0.2, 0.25) is 0 Å². The molecule has 0 aromatic rings. The van der Waals surface area contributed by atoms with Crippen molar-refractivity contribution < 1.29 is 14.9 Å². The van der Waals surface area contributed by atoms with Gasteiger partial charge in [-0.2, -0.15) is 0 Å². The Bertz CT molecular complexity index is 142. The normalized spacial score (nSPS) is 12.9. The molecular formula is C13H31NO3. The molecule has 0 aromatic heterocycles. The summed E-state index contributed by atoms with van der Waals surface area (Å²) in [6.45, 7) is 14.4. The van der Waals surface area contributed by atoms with Crippen LogP contribution in [0.25, 0.3) is 0 Å². The molecule has 0 aliphatic rings. The third-order valence-corrected chi connectivity index (χ3v) is 2.25. The largest absolute Gasteiger partial charge is 0.395 e. The monoisotopic (exact) mass is 249 g/mol. The van der Waals surface area contributed by atoms with Crippen LogP contribution < -0.4 is 0 Å². The van der Waals surface area contributed by atoms with E-state index < -0.39 is 0 Å². The van der Waals surface area contributed by atoms with Crippen LogP contribution in [0.2, 0.25) is 0 Å². The summed E-state index contributed by atoms with van der Waals surface area (Å²) in [6, 6.07) is 1.07. The minimum absolute atomic E-state index is 0.260. The number of rotatable bonds is 7. The molecule has 0 aliphatic carbocycles. The van der Waals surface area contributed by atoms with Crippen molar-refractivity contribution in [3.63, 3.8) is 0 Å². The molecule has 0 heterocycles. The zero-order valence-electron chi connectivity index (χ0n) is 12.3. The number of aliphatic hydroxyl groups is 2. The van der Waals surface area contributed by atoms with Crippen LogP contribution in [0.3, 0.4) is 0 Å². The lowest BCUT2D eigenvalue weighted by atomic mass is 10.2. The van der Waals surface area contributed by atoms with Crippen molar-refractivity contribution in [3.8, 4) is 0 Å². The maximum absolute atomic E-state index is 8.69. The smallest absolute Gasteiger partial charge is 0.0745 e. The van der Waals surface area contributed by atoms with E-state index in [1.807, 2.05) is 6.92 Å². The Balaban J connectivity index is 0. The highest BCUT2D eigenvalue weighted by molar-refractivity contribution is 4.65. The third-order valence-electron chi connectivity index (χ3n) is 2.25. The predicted molar refractivity (Wildman–Crippen MR) is 72.2 cm³/mol. The molecule has 0 spiro atoms. The fourth-order valence-electron chi connectivity index (χ4n) is 1.52. The molecule has 4 nitrogen and oxygen atoms in total. The van der Waals surface area contributed by atoms with E-state index in [4.69, 9.17) is 14.9 Å².